The molecule has 1 N–H and O–H groups in total. The van der Waals surface area contributed by atoms with Gasteiger partial charge in [0.2, 0.25) is 0 Å². The molecule has 0 aromatic rings. The smallest absolute Gasteiger partial charge is 0.357 e. The van der Waals surface area contributed by atoms with Crippen molar-refractivity contribution >= 4 is 10.0 Å². The number of sulfonamides is 1. The number of hydrogen-bond donors (Lipinski definition) is 1. The van der Waals surface area contributed by atoms with Crippen molar-refractivity contribution in [3.63, 3.8) is 0 Å². The maximum atomic E-state index is 12.0. The highest BCUT2D eigenvalue weighted by molar-refractivity contribution is 7.90. The summed E-state index contributed by atoms with van der Waals surface area (Å²) in [6, 6.07) is 0. The first kappa shape index (κ1) is 13.8. The van der Waals surface area contributed by atoms with Gasteiger partial charge in [0.15, 0.2) is 0 Å². The first-order valence-corrected chi connectivity index (χ1v) is 6.11. The third-order valence-corrected chi connectivity index (χ3v) is 3.24. The molecule has 1 rings (SSSR count). The molecule has 0 saturated heterocycles. The second-order valence-electron chi connectivity index (χ2n) is 3.29. The summed E-state index contributed by atoms with van der Waals surface area (Å²) in [6.07, 6.45) is 4.88. The second-order valence-corrected chi connectivity index (χ2v) is 5.05. The number of alkyl halides is 3. The van der Waals surface area contributed by atoms with E-state index >= 15 is 0 Å². The minimum Gasteiger partial charge on any atom is -0.357 e. The van der Waals surface area contributed by atoms with Crippen LogP contribution in [0.15, 0.2) is 25.2 Å². The molecule has 17 heavy (non-hydrogen) atoms. The van der Waals surface area contributed by atoms with Crippen molar-refractivity contribution in [2.75, 3.05) is 19.8 Å². The number of rotatable bonds is 5. The zero-order chi connectivity index (χ0) is 13.1. The molecule has 0 aliphatic carbocycles. The summed E-state index contributed by atoms with van der Waals surface area (Å²) in [7, 11) is -5.24. The Morgan fingerprint density at radius 1 is 1.41 bits per heavy atom. The van der Waals surface area contributed by atoms with Crippen molar-refractivity contribution in [3.8, 4) is 0 Å². The molecule has 0 saturated carbocycles. The van der Waals surface area contributed by atoms with Crippen LogP contribution in [0.25, 0.3) is 0 Å². The molecule has 0 spiro atoms. The van der Waals surface area contributed by atoms with Crippen molar-refractivity contribution in [1.82, 2.24) is 14.5 Å². The molecule has 1 heterocycles. The van der Waals surface area contributed by atoms with Crippen molar-refractivity contribution in [3.05, 3.63) is 25.2 Å². The molecule has 98 valence electrons. The quantitative estimate of drug-likeness (QED) is 0.796. The molecular weight excluding hydrogens is 259 g/mol. The third-order valence-electron chi connectivity index (χ3n) is 2.04. The Morgan fingerprint density at radius 2 is 2.06 bits per heavy atom. The molecular formula is C8H12F3N3O2S. The fraction of sp³-hybridized carbons (Fsp3) is 0.500. The van der Waals surface area contributed by atoms with E-state index in [1.165, 1.54) is 4.72 Å². The average molecular weight is 271 g/mol. The first-order valence-electron chi connectivity index (χ1n) is 4.63. The minimum absolute atomic E-state index is 0.149. The van der Waals surface area contributed by atoms with E-state index in [-0.39, 0.29) is 13.1 Å². The van der Waals surface area contributed by atoms with Crippen LogP contribution in [-0.2, 0) is 10.0 Å². The zero-order valence-electron chi connectivity index (χ0n) is 8.81. The minimum atomic E-state index is -5.26. The van der Waals surface area contributed by atoms with Crippen LogP contribution in [0.2, 0.25) is 0 Å². The summed E-state index contributed by atoms with van der Waals surface area (Å²) in [5, 5.41) is 0. The summed E-state index contributed by atoms with van der Waals surface area (Å²) in [5.74, 6) is 0. The molecule has 1 aliphatic rings. The van der Waals surface area contributed by atoms with Gasteiger partial charge in [-0.3, -0.25) is 0 Å². The van der Waals surface area contributed by atoms with Crippen molar-refractivity contribution in [2.45, 2.75) is 5.51 Å². The lowest BCUT2D eigenvalue weighted by Gasteiger charge is -2.18. The fourth-order valence-corrected chi connectivity index (χ4v) is 1.68. The predicted octanol–water partition coefficient (Wildman–Crippen LogP) is 0.615. The number of nitrogens with zero attached hydrogens (tertiary/aromatic N) is 2. The number of halogens is 3. The van der Waals surface area contributed by atoms with E-state index in [4.69, 9.17) is 0 Å². The van der Waals surface area contributed by atoms with Gasteiger partial charge in [0.1, 0.15) is 0 Å². The Kier molecular flexibility index (Phi) is 4.04. The van der Waals surface area contributed by atoms with Gasteiger partial charge >= 0.3 is 15.5 Å². The van der Waals surface area contributed by atoms with Gasteiger partial charge in [-0.15, -0.1) is 0 Å². The van der Waals surface area contributed by atoms with E-state index in [9.17, 15) is 21.6 Å². The number of hydrogen-bond acceptors (Lipinski definition) is 4. The third kappa shape index (κ3) is 3.63. The maximum absolute atomic E-state index is 12.0. The molecule has 9 heteroatoms. The Hall–Kier alpha value is -1.22. The van der Waals surface area contributed by atoms with Crippen molar-refractivity contribution < 1.29 is 21.6 Å². The van der Waals surface area contributed by atoms with Crippen LogP contribution < -0.4 is 4.72 Å². The second kappa shape index (κ2) is 4.96. The molecule has 0 aromatic carbocycles. The van der Waals surface area contributed by atoms with Crippen LogP contribution in [0.1, 0.15) is 0 Å². The molecule has 0 radical (unpaired) electrons. The van der Waals surface area contributed by atoms with Gasteiger partial charge in [-0.05, 0) is 6.20 Å². The summed E-state index contributed by atoms with van der Waals surface area (Å²) in [5.41, 5.74) is -5.26. The lowest BCUT2D eigenvalue weighted by Crippen LogP contribution is -2.40. The van der Waals surface area contributed by atoms with Gasteiger partial charge < -0.3 is 9.80 Å². The summed E-state index contributed by atoms with van der Waals surface area (Å²) < 4.78 is 58.6. The van der Waals surface area contributed by atoms with Crippen molar-refractivity contribution in [1.29, 1.82) is 0 Å². The molecule has 5 nitrogen and oxygen atoms in total. The molecule has 0 fully saturated rings. The summed E-state index contributed by atoms with van der Waals surface area (Å²) in [6.45, 7) is 3.80. The zero-order valence-corrected chi connectivity index (χ0v) is 9.63. The van der Waals surface area contributed by atoms with E-state index in [1.54, 1.807) is 28.4 Å². The van der Waals surface area contributed by atoms with E-state index in [0.717, 1.165) is 0 Å². The van der Waals surface area contributed by atoms with Crippen LogP contribution in [0, 0.1) is 0 Å². The van der Waals surface area contributed by atoms with Gasteiger partial charge in [-0.2, -0.15) is 13.2 Å². The lowest BCUT2D eigenvalue weighted by molar-refractivity contribution is -0.0447. The highest BCUT2D eigenvalue weighted by Crippen LogP contribution is 2.21. The lowest BCUT2D eigenvalue weighted by atomic mass is 10.6. The van der Waals surface area contributed by atoms with Gasteiger partial charge in [0, 0.05) is 25.5 Å². The Labute approximate surface area is 97.2 Å². The van der Waals surface area contributed by atoms with Crippen LogP contribution in [0.4, 0.5) is 13.2 Å². The SMILES string of the molecule is C=CN1C=CN(CCNS(=O)(=O)C(F)(F)F)C1. The monoisotopic (exact) mass is 271 g/mol. The molecule has 0 atom stereocenters. The van der Waals surface area contributed by atoms with E-state index < -0.39 is 15.5 Å². The van der Waals surface area contributed by atoms with Crippen LogP contribution in [0.3, 0.4) is 0 Å². The van der Waals surface area contributed by atoms with E-state index in [0.29, 0.717) is 6.67 Å². The highest BCUT2D eigenvalue weighted by Gasteiger charge is 2.45. The Bertz CT molecular complexity index is 405. The Balaban J connectivity index is 2.35. The van der Waals surface area contributed by atoms with Crippen LogP contribution >= 0.6 is 0 Å². The highest BCUT2D eigenvalue weighted by atomic mass is 32.2. The molecule has 0 amide bonds. The van der Waals surface area contributed by atoms with Gasteiger partial charge in [0.05, 0.1) is 6.67 Å². The molecule has 0 aromatic heterocycles. The van der Waals surface area contributed by atoms with Gasteiger partial charge in [-0.25, -0.2) is 13.1 Å². The molecule has 0 unspecified atom stereocenters. The Morgan fingerprint density at radius 3 is 2.53 bits per heavy atom. The van der Waals surface area contributed by atoms with E-state index in [1.807, 2.05) is 0 Å². The van der Waals surface area contributed by atoms with Crippen molar-refractivity contribution in [2.24, 2.45) is 0 Å². The largest absolute Gasteiger partial charge is 0.511 e. The summed E-state index contributed by atoms with van der Waals surface area (Å²) in [4.78, 5) is 3.36. The molecule has 0 bridgehead atoms. The van der Waals surface area contributed by atoms with Gasteiger partial charge in [-0.1, -0.05) is 6.58 Å². The maximum Gasteiger partial charge on any atom is 0.511 e. The first-order chi connectivity index (χ1) is 7.76. The van der Waals surface area contributed by atoms with Gasteiger partial charge in [0.25, 0.3) is 0 Å². The fourth-order valence-electron chi connectivity index (χ4n) is 1.15. The predicted molar refractivity (Wildman–Crippen MR) is 55.7 cm³/mol. The van der Waals surface area contributed by atoms with Crippen LogP contribution in [-0.4, -0.2) is 43.5 Å². The van der Waals surface area contributed by atoms with Crippen LogP contribution in [0.5, 0.6) is 0 Å². The summed E-state index contributed by atoms with van der Waals surface area (Å²) >= 11 is 0. The standard InChI is InChI=1S/C8H12F3N3O2S/c1-2-13-5-6-14(7-13)4-3-12-17(15,16)8(9,10)11/h2,5-6,12H,1,3-4,7H2. The van der Waals surface area contributed by atoms with E-state index in [2.05, 4.69) is 6.58 Å². The normalized spacial score (nSPS) is 16.6. The molecule has 1 aliphatic heterocycles. The average Bonchev–Trinajstić information content (AvgIpc) is 2.63. The number of nitrogens with one attached hydrogen (secondary N) is 1. The topological polar surface area (TPSA) is 52.6 Å².